The SMILES string of the molecule is CCCC#CSC1(C2=CCC(C)N(C)C2)C=NSN1. The van der Waals surface area contributed by atoms with Crippen LogP contribution in [0, 0.1) is 11.2 Å². The van der Waals surface area contributed by atoms with Crippen LogP contribution in [0.2, 0.25) is 0 Å². The van der Waals surface area contributed by atoms with Crippen LogP contribution in [0.5, 0.6) is 0 Å². The van der Waals surface area contributed by atoms with Gasteiger partial charge in [0.25, 0.3) is 0 Å². The van der Waals surface area contributed by atoms with Crippen LogP contribution >= 0.6 is 23.9 Å². The topological polar surface area (TPSA) is 27.6 Å². The summed E-state index contributed by atoms with van der Waals surface area (Å²) < 4.78 is 7.70. The zero-order chi connectivity index (χ0) is 13.7. The highest BCUT2D eigenvalue weighted by Gasteiger charge is 2.38. The summed E-state index contributed by atoms with van der Waals surface area (Å²) in [7, 11) is 2.18. The van der Waals surface area contributed by atoms with E-state index in [-0.39, 0.29) is 4.87 Å². The second kappa shape index (κ2) is 6.85. The van der Waals surface area contributed by atoms with Crippen LogP contribution in [0.1, 0.15) is 33.1 Å². The summed E-state index contributed by atoms with van der Waals surface area (Å²) in [6, 6.07) is 0.614. The molecule has 0 fully saturated rings. The molecular weight excluding hydrogens is 274 g/mol. The van der Waals surface area contributed by atoms with Crippen molar-refractivity contribution >= 4 is 30.1 Å². The van der Waals surface area contributed by atoms with Crippen LogP contribution < -0.4 is 4.72 Å². The predicted molar refractivity (Wildman–Crippen MR) is 87.0 cm³/mol. The maximum absolute atomic E-state index is 4.29. The van der Waals surface area contributed by atoms with Crippen molar-refractivity contribution in [3.63, 3.8) is 0 Å². The minimum Gasteiger partial charge on any atom is -0.299 e. The van der Waals surface area contributed by atoms with Gasteiger partial charge in [-0.1, -0.05) is 18.9 Å². The number of unbranched alkanes of at least 4 members (excludes halogenated alkanes) is 1. The average molecular weight is 295 g/mol. The van der Waals surface area contributed by atoms with Crippen molar-refractivity contribution in [1.29, 1.82) is 0 Å². The van der Waals surface area contributed by atoms with Crippen LogP contribution in [-0.4, -0.2) is 35.6 Å². The van der Waals surface area contributed by atoms with Crippen LogP contribution in [0.15, 0.2) is 16.0 Å². The van der Waals surface area contributed by atoms with E-state index in [9.17, 15) is 0 Å². The van der Waals surface area contributed by atoms with Gasteiger partial charge < -0.3 is 0 Å². The van der Waals surface area contributed by atoms with E-state index in [1.165, 1.54) is 17.7 Å². The molecule has 2 rings (SSSR count). The molecule has 2 aliphatic heterocycles. The molecule has 0 aromatic rings. The highest BCUT2D eigenvalue weighted by atomic mass is 32.2. The van der Waals surface area contributed by atoms with Crippen molar-refractivity contribution in [1.82, 2.24) is 9.62 Å². The van der Waals surface area contributed by atoms with Crippen LogP contribution in [0.25, 0.3) is 0 Å². The molecule has 0 amide bonds. The lowest BCUT2D eigenvalue weighted by atomic mass is 9.99. The van der Waals surface area contributed by atoms with Gasteiger partial charge in [-0.3, -0.25) is 4.90 Å². The van der Waals surface area contributed by atoms with Gasteiger partial charge in [0, 0.05) is 19.0 Å². The predicted octanol–water partition coefficient (Wildman–Crippen LogP) is 3.06. The minimum absolute atomic E-state index is 0.236. The summed E-state index contributed by atoms with van der Waals surface area (Å²) in [5, 5.41) is 3.23. The fourth-order valence-electron chi connectivity index (χ4n) is 2.03. The Labute approximate surface area is 125 Å². The summed E-state index contributed by atoms with van der Waals surface area (Å²) in [6.45, 7) is 5.39. The van der Waals surface area contributed by atoms with Gasteiger partial charge in [0.15, 0.2) is 0 Å². The van der Waals surface area contributed by atoms with E-state index in [1.807, 2.05) is 6.21 Å². The lowest BCUT2D eigenvalue weighted by Gasteiger charge is -2.35. The number of likely N-dealkylation sites (N-methyl/N-ethyl adjacent to an activating group) is 1. The number of nitrogens with zero attached hydrogens (tertiary/aromatic N) is 2. The Morgan fingerprint density at radius 3 is 3.16 bits per heavy atom. The Balaban J connectivity index is 2.12. The van der Waals surface area contributed by atoms with Gasteiger partial charge in [0.2, 0.25) is 0 Å². The molecule has 0 saturated heterocycles. The standard InChI is InChI=1S/C14H21N3S2/c1-4-5-6-9-18-14(11-15-19-16-14)13-8-7-12(2)17(3)10-13/h8,11-12,16H,4-5,7,10H2,1-3H3. The zero-order valence-corrected chi connectivity index (χ0v) is 13.4. The Morgan fingerprint density at radius 2 is 2.53 bits per heavy atom. The minimum atomic E-state index is -0.236. The first-order valence-electron chi connectivity index (χ1n) is 6.71. The lowest BCUT2D eigenvalue weighted by molar-refractivity contribution is 0.262. The maximum Gasteiger partial charge on any atom is 0.146 e. The second-order valence-corrected chi connectivity index (χ2v) is 6.67. The summed E-state index contributed by atoms with van der Waals surface area (Å²) in [4.78, 5) is 2.15. The third kappa shape index (κ3) is 3.57. The molecule has 0 aromatic heterocycles. The maximum atomic E-state index is 4.29. The molecule has 0 aromatic carbocycles. The molecule has 2 atom stereocenters. The molecule has 1 N–H and O–H groups in total. The number of hydrogen-bond donors (Lipinski definition) is 1. The normalized spacial score (nSPS) is 30.9. The zero-order valence-electron chi connectivity index (χ0n) is 11.8. The van der Waals surface area contributed by atoms with E-state index in [0.717, 1.165) is 25.8 Å². The average Bonchev–Trinajstić information content (AvgIpc) is 2.88. The number of thioether (sulfide) groups is 1. The highest BCUT2D eigenvalue weighted by molar-refractivity contribution is 8.07. The summed E-state index contributed by atoms with van der Waals surface area (Å²) >= 11 is 3.06. The molecule has 0 radical (unpaired) electrons. The molecule has 2 heterocycles. The van der Waals surface area contributed by atoms with Crippen molar-refractivity contribution in [2.45, 2.75) is 44.0 Å². The fraction of sp³-hybridized carbons (Fsp3) is 0.643. The molecule has 5 heteroatoms. The molecule has 0 bridgehead atoms. The molecule has 2 unspecified atom stereocenters. The van der Waals surface area contributed by atoms with Gasteiger partial charge in [-0.15, -0.1) is 0 Å². The lowest BCUT2D eigenvalue weighted by Crippen LogP contribution is -2.45. The molecule has 2 aliphatic rings. The molecular formula is C14H21N3S2. The summed E-state index contributed by atoms with van der Waals surface area (Å²) in [5.74, 6) is 3.21. The number of hydrogen-bond acceptors (Lipinski definition) is 5. The number of rotatable bonds is 3. The Morgan fingerprint density at radius 1 is 1.68 bits per heavy atom. The third-order valence-corrected chi connectivity index (χ3v) is 5.29. The molecule has 104 valence electrons. The Hall–Kier alpha value is -0.410. The van der Waals surface area contributed by atoms with Crippen LogP contribution in [0.3, 0.4) is 0 Å². The largest absolute Gasteiger partial charge is 0.299 e. The third-order valence-electron chi connectivity index (χ3n) is 3.50. The first kappa shape index (κ1) is 15.0. The van der Waals surface area contributed by atoms with E-state index >= 15 is 0 Å². The van der Waals surface area contributed by atoms with Gasteiger partial charge in [-0.05, 0) is 49.4 Å². The first-order valence-corrected chi connectivity index (χ1v) is 8.30. The molecule has 3 nitrogen and oxygen atoms in total. The Bertz CT molecular complexity index is 436. The van der Waals surface area contributed by atoms with Crippen molar-refractivity contribution in [3.8, 4) is 11.2 Å². The van der Waals surface area contributed by atoms with E-state index in [1.54, 1.807) is 11.8 Å². The smallest absolute Gasteiger partial charge is 0.146 e. The first-order chi connectivity index (χ1) is 9.18. The van der Waals surface area contributed by atoms with Gasteiger partial charge in [-0.25, -0.2) is 9.12 Å². The van der Waals surface area contributed by atoms with Crippen LogP contribution in [-0.2, 0) is 0 Å². The summed E-state index contributed by atoms with van der Waals surface area (Å²) in [5.41, 5.74) is 1.37. The fourth-order valence-corrected chi connectivity index (χ4v) is 3.67. The molecule has 19 heavy (non-hydrogen) atoms. The van der Waals surface area contributed by atoms with Crippen molar-refractivity contribution in [3.05, 3.63) is 11.6 Å². The van der Waals surface area contributed by atoms with E-state index in [4.69, 9.17) is 0 Å². The van der Waals surface area contributed by atoms with Gasteiger partial charge >= 0.3 is 0 Å². The van der Waals surface area contributed by atoms with Crippen molar-refractivity contribution in [2.75, 3.05) is 13.6 Å². The molecule has 0 spiro atoms. The Kier molecular flexibility index (Phi) is 5.40. The number of nitrogens with one attached hydrogen (secondary N) is 1. The highest BCUT2D eigenvalue weighted by Crippen LogP contribution is 2.37. The van der Waals surface area contributed by atoms with E-state index in [2.05, 4.69) is 52.2 Å². The summed E-state index contributed by atoms with van der Waals surface area (Å²) in [6.07, 6.45) is 7.52. The van der Waals surface area contributed by atoms with Gasteiger partial charge in [-0.2, -0.15) is 0 Å². The van der Waals surface area contributed by atoms with E-state index < -0.39 is 0 Å². The van der Waals surface area contributed by atoms with Crippen LogP contribution in [0.4, 0.5) is 0 Å². The van der Waals surface area contributed by atoms with E-state index in [0.29, 0.717) is 6.04 Å². The second-order valence-electron chi connectivity index (χ2n) is 5.02. The molecule has 0 saturated carbocycles. The molecule has 0 aliphatic carbocycles. The van der Waals surface area contributed by atoms with Gasteiger partial charge in [0.05, 0.1) is 18.3 Å². The quantitative estimate of drug-likeness (QED) is 0.492. The van der Waals surface area contributed by atoms with Gasteiger partial charge in [0.1, 0.15) is 4.87 Å². The van der Waals surface area contributed by atoms with Crippen molar-refractivity contribution in [2.24, 2.45) is 4.40 Å². The van der Waals surface area contributed by atoms with Crippen molar-refractivity contribution < 1.29 is 0 Å². The monoisotopic (exact) mass is 295 g/mol.